The van der Waals surface area contributed by atoms with Crippen LogP contribution in [0.2, 0.25) is 0 Å². The molecule has 0 aliphatic heterocycles. The van der Waals surface area contributed by atoms with E-state index in [9.17, 15) is 14.7 Å². The largest absolute Gasteiger partial charge is 0.504 e. The van der Waals surface area contributed by atoms with Crippen LogP contribution < -0.4 is 15.5 Å². The number of carbonyl (C=O) groups is 2. The van der Waals surface area contributed by atoms with Crippen LogP contribution in [-0.4, -0.2) is 36.3 Å². The number of phenols is 1. The van der Waals surface area contributed by atoms with E-state index in [4.69, 9.17) is 4.74 Å². The highest BCUT2D eigenvalue weighted by atomic mass is 127. The lowest BCUT2D eigenvalue weighted by atomic mass is 10.2. The van der Waals surface area contributed by atoms with Gasteiger partial charge in [-0.25, -0.2) is 5.43 Å². The molecule has 0 aromatic heterocycles. The van der Waals surface area contributed by atoms with Crippen molar-refractivity contribution in [3.63, 3.8) is 0 Å². The Morgan fingerprint density at radius 3 is 2.78 bits per heavy atom. The van der Waals surface area contributed by atoms with Crippen molar-refractivity contribution in [1.29, 1.82) is 0 Å². The fourth-order valence-corrected chi connectivity index (χ4v) is 3.14. The predicted molar refractivity (Wildman–Crippen MR) is 114 cm³/mol. The van der Waals surface area contributed by atoms with Crippen LogP contribution in [-0.2, 0) is 4.79 Å². The van der Waals surface area contributed by atoms with Crippen LogP contribution in [0.1, 0.15) is 22.8 Å². The Hall–Kier alpha value is -2.14. The van der Waals surface area contributed by atoms with Gasteiger partial charge in [0.05, 0.1) is 28.5 Å². The monoisotopic (exact) mass is 545 g/mol. The average Bonchev–Trinajstić information content (AvgIpc) is 2.64. The van der Waals surface area contributed by atoms with E-state index in [-0.39, 0.29) is 18.2 Å². The fourth-order valence-electron chi connectivity index (χ4n) is 2.05. The Balaban J connectivity index is 1.90. The van der Waals surface area contributed by atoms with E-state index in [2.05, 4.69) is 31.8 Å². The maximum Gasteiger partial charge on any atom is 0.259 e. The summed E-state index contributed by atoms with van der Waals surface area (Å²) in [7, 11) is 0. The predicted octanol–water partition coefficient (Wildman–Crippen LogP) is 3.04. The van der Waals surface area contributed by atoms with E-state index < -0.39 is 5.91 Å². The van der Waals surface area contributed by atoms with Crippen LogP contribution in [0.4, 0.5) is 0 Å². The van der Waals surface area contributed by atoms with Crippen molar-refractivity contribution >= 4 is 56.5 Å². The maximum atomic E-state index is 12.0. The molecular weight excluding hydrogens is 529 g/mol. The summed E-state index contributed by atoms with van der Waals surface area (Å²) in [5, 5.41) is 16.3. The minimum Gasteiger partial charge on any atom is -0.504 e. The van der Waals surface area contributed by atoms with Crippen molar-refractivity contribution in [2.24, 2.45) is 5.10 Å². The molecule has 0 heterocycles. The number of nitrogens with one attached hydrogen (secondary N) is 2. The SMILES string of the molecule is CCOc1cc(C=NNC(=O)CNC(=O)c2ccccc2Br)cc(I)c1O. The summed E-state index contributed by atoms with van der Waals surface area (Å²) >= 11 is 5.26. The van der Waals surface area contributed by atoms with Crippen molar-refractivity contribution in [3.8, 4) is 11.5 Å². The van der Waals surface area contributed by atoms with Crippen LogP contribution in [0.5, 0.6) is 11.5 Å². The summed E-state index contributed by atoms with van der Waals surface area (Å²) < 4.78 is 6.60. The van der Waals surface area contributed by atoms with Crippen LogP contribution in [0.15, 0.2) is 46.0 Å². The van der Waals surface area contributed by atoms with Gasteiger partial charge in [0, 0.05) is 4.47 Å². The summed E-state index contributed by atoms with van der Waals surface area (Å²) in [6, 6.07) is 10.2. The van der Waals surface area contributed by atoms with E-state index in [0.29, 0.717) is 31.5 Å². The first kappa shape index (κ1) is 21.2. The minimum atomic E-state index is -0.467. The first-order valence-electron chi connectivity index (χ1n) is 7.92. The van der Waals surface area contributed by atoms with Gasteiger partial charge in [0.25, 0.3) is 11.8 Å². The summed E-state index contributed by atoms with van der Waals surface area (Å²) in [6.45, 7) is 2.02. The molecular formula is C18H17BrIN3O4. The zero-order valence-corrected chi connectivity index (χ0v) is 18.1. The fraction of sp³-hybridized carbons (Fsp3) is 0.167. The molecule has 142 valence electrons. The van der Waals surface area contributed by atoms with Crippen molar-refractivity contribution in [1.82, 2.24) is 10.7 Å². The van der Waals surface area contributed by atoms with Crippen molar-refractivity contribution in [3.05, 3.63) is 55.6 Å². The molecule has 0 fully saturated rings. The molecule has 2 rings (SSSR count). The van der Waals surface area contributed by atoms with E-state index in [1.807, 2.05) is 29.5 Å². The summed E-state index contributed by atoms with van der Waals surface area (Å²) in [4.78, 5) is 23.9. The minimum absolute atomic E-state index is 0.0634. The van der Waals surface area contributed by atoms with Crippen molar-refractivity contribution in [2.45, 2.75) is 6.92 Å². The number of phenolic OH excluding ortho intramolecular Hbond substituents is 1. The highest BCUT2D eigenvalue weighted by Gasteiger charge is 2.11. The highest BCUT2D eigenvalue weighted by Crippen LogP contribution is 2.32. The number of hydrogen-bond acceptors (Lipinski definition) is 5. The van der Waals surface area contributed by atoms with Crippen LogP contribution in [0.3, 0.4) is 0 Å². The maximum absolute atomic E-state index is 12.0. The van der Waals surface area contributed by atoms with Crippen molar-refractivity contribution < 1.29 is 19.4 Å². The quantitative estimate of drug-likeness (QED) is 0.283. The molecule has 0 saturated carbocycles. The van der Waals surface area contributed by atoms with Gasteiger partial charge in [0.2, 0.25) is 0 Å². The van der Waals surface area contributed by atoms with Crippen molar-refractivity contribution in [2.75, 3.05) is 13.2 Å². The Morgan fingerprint density at radius 1 is 1.33 bits per heavy atom. The smallest absolute Gasteiger partial charge is 0.259 e. The zero-order chi connectivity index (χ0) is 19.8. The number of carbonyl (C=O) groups excluding carboxylic acids is 2. The first-order valence-corrected chi connectivity index (χ1v) is 9.79. The Kier molecular flexibility index (Phi) is 8.04. The third-order valence-corrected chi connectivity index (χ3v) is 4.80. The molecule has 0 atom stereocenters. The number of rotatable bonds is 7. The highest BCUT2D eigenvalue weighted by molar-refractivity contribution is 14.1. The molecule has 7 nitrogen and oxygen atoms in total. The molecule has 0 saturated heterocycles. The molecule has 3 N–H and O–H groups in total. The van der Waals surface area contributed by atoms with Crippen LogP contribution in [0.25, 0.3) is 0 Å². The molecule has 0 unspecified atom stereocenters. The van der Waals surface area contributed by atoms with E-state index in [1.54, 1.807) is 36.4 Å². The Bertz CT molecular complexity index is 874. The second kappa shape index (κ2) is 10.3. The molecule has 0 aliphatic carbocycles. The van der Waals surface area contributed by atoms with Gasteiger partial charge in [-0.15, -0.1) is 0 Å². The molecule has 2 aromatic carbocycles. The number of halogens is 2. The van der Waals surface area contributed by atoms with Gasteiger partial charge >= 0.3 is 0 Å². The van der Waals surface area contributed by atoms with E-state index in [1.165, 1.54) is 6.21 Å². The molecule has 27 heavy (non-hydrogen) atoms. The lowest BCUT2D eigenvalue weighted by molar-refractivity contribution is -0.120. The van der Waals surface area contributed by atoms with Gasteiger partial charge in [0.15, 0.2) is 11.5 Å². The molecule has 0 spiro atoms. The van der Waals surface area contributed by atoms with E-state index >= 15 is 0 Å². The molecule has 9 heteroatoms. The zero-order valence-electron chi connectivity index (χ0n) is 14.3. The third-order valence-electron chi connectivity index (χ3n) is 3.28. The number of hydrazone groups is 1. The topological polar surface area (TPSA) is 100 Å². The average molecular weight is 546 g/mol. The Labute approximate surface area is 178 Å². The molecule has 0 bridgehead atoms. The number of nitrogens with zero attached hydrogens (tertiary/aromatic N) is 1. The normalized spacial score (nSPS) is 10.6. The summed E-state index contributed by atoms with van der Waals surface area (Å²) in [6.07, 6.45) is 1.43. The van der Waals surface area contributed by atoms with Gasteiger partial charge < -0.3 is 15.2 Å². The number of hydrogen-bond donors (Lipinski definition) is 3. The second-order valence-corrected chi connectivity index (χ2v) is 7.25. The van der Waals surface area contributed by atoms with Gasteiger partial charge in [-0.1, -0.05) is 12.1 Å². The van der Waals surface area contributed by atoms with Crippen LogP contribution in [0, 0.1) is 3.57 Å². The number of ether oxygens (including phenoxy) is 1. The molecule has 0 aliphatic rings. The molecule has 2 aromatic rings. The number of benzene rings is 2. The van der Waals surface area contributed by atoms with Gasteiger partial charge in [-0.3, -0.25) is 9.59 Å². The standard InChI is InChI=1S/C18H17BrIN3O4/c1-2-27-15-8-11(7-14(20)17(15)25)9-22-23-16(24)10-21-18(26)12-5-3-4-6-13(12)19/h3-9,25H,2,10H2,1H3,(H,21,26)(H,23,24). The van der Waals surface area contributed by atoms with Gasteiger partial charge in [0.1, 0.15) is 0 Å². The number of amides is 2. The molecule has 2 amide bonds. The second-order valence-electron chi connectivity index (χ2n) is 5.24. The lowest BCUT2D eigenvalue weighted by Gasteiger charge is -2.08. The van der Waals surface area contributed by atoms with Gasteiger partial charge in [-0.2, -0.15) is 5.10 Å². The summed E-state index contributed by atoms with van der Waals surface area (Å²) in [5.41, 5.74) is 3.43. The lowest BCUT2D eigenvalue weighted by Crippen LogP contribution is -2.35. The van der Waals surface area contributed by atoms with Gasteiger partial charge in [-0.05, 0) is 75.3 Å². The van der Waals surface area contributed by atoms with Crippen LogP contribution >= 0.6 is 38.5 Å². The number of aromatic hydroxyl groups is 1. The third kappa shape index (κ3) is 6.21. The Morgan fingerprint density at radius 2 is 2.07 bits per heavy atom. The summed E-state index contributed by atoms with van der Waals surface area (Å²) in [5.74, 6) is -0.424. The molecule has 0 radical (unpaired) electrons. The first-order chi connectivity index (χ1) is 12.9. The van der Waals surface area contributed by atoms with E-state index in [0.717, 1.165) is 0 Å².